The van der Waals surface area contributed by atoms with Crippen LogP contribution in [0, 0.1) is 5.92 Å². The summed E-state index contributed by atoms with van der Waals surface area (Å²) in [6.07, 6.45) is -3.70. The molecule has 7 nitrogen and oxygen atoms in total. The van der Waals surface area contributed by atoms with Crippen LogP contribution in [-0.2, 0) is 21.0 Å². The van der Waals surface area contributed by atoms with Crippen molar-refractivity contribution in [1.82, 2.24) is 4.31 Å². The number of carbonyl (C=O) groups excluding carboxylic acids is 1. The van der Waals surface area contributed by atoms with Crippen molar-refractivity contribution < 1.29 is 35.9 Å². The fourth-order valence-electron chi connectivity index (χ4n) is 3.52. The lowest BCUT2D eigenvalue weighted by Crippen LogP contribution is -2.43. The van der Waals surface area contributed by atoms with Crippen LogP contribution in [0.2, 0.25) is 0 Å². The van der Waals surface area contributed by atoms with E-state index in [0.29, 0.717) is 18.6 Å². The molecule has 2 aromatic carbocycles. The Labute approximate surface area is 184 Å². The topological polar surface area (TPSA) is 84.9 Å². The fourth-order valence-corrected chi connectivity index (χ4v) is 5.21. The Balaban J connectivity index is 1.79. The normalized spacial score (nSPS) is 17.6. The molecular formula is C21H23F3N2O5S. The minimum atomic E-state index is -4.54. The van der Waals surface area contributed by atoms with Crippen molar-refractivity contribution in [2.45, 2.75) is 23.9 Å². The van der Waals surface area contributed by atoms with Gasteiger partial charge in [0.05, 0.1) is 25.7 Å². The largest absolute Gasteiger partial charge is 0.497 e. The van der Waals surface area contributed by atoms with Crippen LogP contribution >= 0.6 is 0 Å². The first-order valence-corrected chi connectivity index (χ1v) is 11.2. The zero-order valence-corrected chi connectivity index (χ0v) is 18.3. The maximum atomic E-state index is 13.3. The minimum absolute atomic E-state index is 0.000675. The van der Waals surface area contributed by atoms with Gasteiger partial charge in [0.1, 0.15) is 16.4 Å². The Morgan fingerprint density at radius 2 is 1.88 bits per heavy atom. The quantitative estimate of drug-likeness (QED) is 0.692. The molecule has 11 heteroatoms. The summed E-state index contributed by atoms with van der Waals surface area (Å²) in [4.78, 5) is 12.6. The fraction of sp³-hybridized carbons (Fsp3) is 0.381. The predicted molar refractivity (Wildman–Crippen MR) is 111 cm³/mol. The number of anilines is 1. The number of rotatable bonds is 6. The summed E-state index contributed by atoms with van der Waals surface area (Å²) < 4.78 is 76.7. The highest BCUT2D eigenvalue weighted by molar-refractivity contribution is 7.89. The van der Waals surface area contributed by atoms with Gasteiger partial charge in [-0.05, 0) is 43.2 Å². The second-order valence-electron chi connectivity index (χ2n) is 7.29. The Hall–Kier alpha value is -2.79. The van der Waals surface area contributed by atoms with Crippen molar-refractivity contribution in [3.8, 4) is 11.5 Å². The highest BCUT2D eigenvalue weighted by atomic mass is 32.2. The van der Waals surface area contributed by atoms with Gasteiger partial charge in [-0.25, -0.2) is 8.42 Å². The molecule has 1 atom stereocenters. The smallest absolute Gasteiger partial charge is 0.416 e. The number of carbonyl (C=O) groups is 1. The standard InChI is InChI=1S/C21H23F3N2O5S/c1-30-17-8-9-18(31-2)19(12-17)32(28,29)26-10-4-5-14(13-26)20(27)25-16-7-3-6-15(11-16)21(22,23)24/h3,6-9,11-12,14H,4-5,10,13H2,1-2H3,(H,25,27)/t14-/m0/s1. The van der Waals surface area contributed by atoms with E-state index in [-0.39, 0.29) is 29.4 Å². The molecule has 0 bridgehead atoms. The molecule has 32 heavy (non-hydrogen) atoms. The highest BCUT2D eigenvalue weighted by Crippen LogP contribution is 2.33. The molecule has 1 heterocycles. The molecule has 1 N–H and O–H groups in total. The first-order chi connectivity index (χ1) is 15.1. The summed E-state index contributed by atoms with van der Waals surface area (Å²) in [5.41, 5.74) is -0.882. The van der Waals surface area contributed by atoms with Crippen molar-refractivity contribution >= 4 is 21.6 Å². The lowest BCUT2D eigenvalue weighted by molar-refractivity contribution is -0.137. The van der Waals surface area contributed by atoms with E-state index in [9.17, 15) is 26.4 Å². The van der Waals surface area contributed by atoms with Crippen LogP contribution in [0.4, 0.5) is 18.9 Å². The van der Waals surface area contributed by atoms with Crippen LogP contribution in [0.3, 0.4) is 0 Å². The Kier molecular flexibility index (Phi) is 6.99. The monoisotopic (exact) mass is 472 g/mol. The van der Waals surface area contributed by atoms with Crippen LogP contribution in [0.1, 0.15) is 18.4 Å². The molecule has 174 valence electrons. The molecule has 3 rings (SSSR count). The number of hydrogen-bond donors (Lipinski definition) is 1. The molecule has 0 spiro atoms. The molecule has 1 amide bonds. The van der Waals surface area contributed by atoms with E-state index < -0.39 is 33.6 Å². The number of alkyl halides is 3. The summed E-state index contributed by atoms with van der Waals surface area (Å²) >= 11 is 0. The molecule has 0 saturated carbocycles. The third-order valence-electron chi connectivity index (χ3n) is 5.20. The molecule has 0 unspecified atom stereocenters. The van der Waals surface area contributed by atoms with Gasteiger partial charge >= 0.3 is 6.18 Å². The van der Waals surface area contributed by atoms with E-state index in [0.717, 1.165) is 12.1 Å². The zero-order valence-electron chi connectivity index (χ0n) is 17.5. The van der Waals surface area contributed by atoms with E-state index in [2.05, 4.69) is 5.32 Å². The van der Waals surface area contributed by atoms with E-state index in [1.54, 1.807) is 6.07 Å². The van der Waals surface area contributed by atoms with Crippen molar-refractivity contribution in [1.29, 1.82) is 0 Å². The number of methoxy groups -OCH3 is 2. The van der Waals surface area contributed by atoms with Crippen LogP contribution in [0.25, 0.3) is 0 Å². The number of nitrogens with zero attached hydrogens (tertiary/aromatic N) is 1. The van der Waals surface area contributed by atoms with Crippen molar-refractivity contribution in [2.75, 3.05) is 32.6 Å². The van der Waals surface area contributed by atoms with Gasteiger partial charge in [-0.3, -0.25) is 4.79 Å². The van der Waals surface area contributed by atoms with Crippen molar-refractivity contribution in [2.24, 2.45) is 5.92 Å². The number of piperidine rings is 1. The second-order valence-corrected chi connectivity index (χ2v) is 9.19. The number of hydrogen-bond acceptors (Lipinski definition) is 5. The zero-order chi connectivity index (χ0) is 23.5. The van der Waals surface area contributed by atoms with Crippen LogP contribution < -0.4 is 14.8 Å². The molecule has 0 aliphatic carbocycles. The SMILES string of the molecule is COc1ccc(OC)c(S(=O)(=O)N2CCC[C@H](C(=O)Nc3cccc(C(F)(F)F)c3)C2)c1. The number of amides is 1. The Morgan fingerprint density at radius 3 is 2.53 bits per heavy atom. The van der Waals surface area contributed by atoms with Gasteiger partial charge < -0.3 is 14.8 Å². The van der Waals surface area contributed by atoms with Crippen LogP contribution in [0.5, 0.6) is 11.5 Å². The van der Waals surface area contributed by atoms with Gasteiger partial charge in [0, 0.05) is 24.8 Å². The molecule has 1 saturated heterocycles. The highest BCUT2D eigenvalue weighted by Gasteiger charge is 2.35. The third-order valence-corrected chi connectivity index (χ3v) is 7.09. The molecule has 1 aliphatic heterocycles. The van der Waals surface area contributed by atoms with E-state index in [4.69, 9.17) is 9.47 Å². The first-order valence-electron chi connectivity index (χ1n) is 9.76. The maximum Gasteiger partial charge on any atom is 0.416 e. The van der Waals surface area contributed by atoms with Gasteiger partial charge in [-0.15, -0.1) is 0 Å². The van der Waals surface area contributed by atoms with Crippen molar-refractivity contribution in [3.63, 3.8) is 0 Å². The average molecular weight is 472 g/mol. The summed E-state index contributed by atoms with van der Waals surface area (Å²) in [6.45, 7) is 0.101. The number of halogens is 3. The van der Waals surface area contributed by atoms with E-state index >= 15 is 0 Å². The lowest BCUT2D eigenvalue weighted by Gasteiger charge is -2.31. The molecule has 0 aromatic heterocycles. The number of ether oxygens (including phenoxy) is 2. The molecule has 1 aliphatic rings. The second kappa shape index (κ2) is 9.37. The lowest BCUT2D eigenvalue weighted by atomic mass is 9.98. The average Bonchev–Trinajstić information content (AvgIpc) is 2.78. The van der Waals surface area contributed by atoms with Crippen LogP contribution in [0.15, 0.2) is 47.4 Å². The number of benzene rings is 2. The Morgan fingerprint density at radius 1 is 1.12 bits per heavy atom. The first kappa shape index (κ1) is 23.9. The molecule has 2 aromatic rings. The van der Waals surface area contributed by atoms with E-state index in [1.165, 1.54) is 42.8 Å². The van der Waals surface area contributed by atoms with E-state index in [1.807, 2.05) is 0 Å². The van der Waals surface area contributed by atoms with Gasteiger partial charge in [-0.1, -0.05) is 6.07 Å². The minimum Gasteiger partial charge on any atom is -0.497 e. The molecule has 1 fully saturated rings. The number of nitrogens with one attached hydrogen (secondary N) is 1. The molecular weight excluding hydrogens is 449 g/mol. The van der Waals surface area contributed by atoms with Crippen LogP contribution in [-0.4, -0.2) is 45.9 Å². The van der Waals surface area contributed by atoms with Gasteiger partial charge in [0.25, 0.3) is 0 Å². The van der Waals surface area contributed by atoms with Gasteiger partial charge in [0.2, 0.25) is 15.9 Å². The summed E-state index contributed by atoms with van der Waals surface area (Å²) in [5, 5.41) is 2.47. The Bertz CT molecular complexity index is 1090. The molecule has 0 radical (unpaired) electrons. The van der Waals surface area contributed by atoms with Gasteiger partial charge in [0.15, 0.2) is 0 Å². The summed E-state index contributed by atoms with van der Waals surface area (Å²) in [5.74, 6) is -0.784. The summed E-state index contributed by atoms with van der Waals surface area (Å²) in [7, 11) is -1.24. The third kappa shape index (κ3) is 5.16. The predicted octanol–water partition coefficient (Wildman–Crippen LogP) is 3.76. The van der Waals surface area contributed by atoms with Crippen molar-refractivity contribution in [3.05, 3.63) is 48.0 Å². The van der Waals surface area contributed by atoms with Gasteiger partial charge in [-0.2, -0.15) is 17.5 Å². The summed E-state index contributed by atoms with van der Waals surface area (Å²) in [6, 6.07) is 8.70. The number of sulfonamides is 1. The maximum absolute atomic E-state index is 13.3.